The fourth-order valence-corrected chi connectivity index (χ4v) is 2.49. The van der Waals surface area contributed by atoms with E-state index in [-0.39, 0.29) is 11.9 Å². The molecule has 0 bridgehead atoms. The van der Waals surface area contributed by atoms with Crippen LogP contribution in [0.1, 0.15) is 29.0 Å². The van der Waals surface area contributed by atoms with Crippen LogP contribution in [0.25, 0.3) is 0 Å². The third kappa shape index (κ3) is 3.55. The molecule has 1 aromatic heterocycles. The van der Waals surface area contributed by atoms with Gasteiger partial charge in [0.1, 0.15) is 5.69 Å². The first-order valence-corrected chi connectivity index (χ1v) is 6.92. The predicted molar refractivity (Wildman–Crippen MR) is 79.3 cm³/mol. The molecule has 0 aliphatic heterocycles. The van der Waals surface area contributed by atoms with Crippen LogP contribution < -0.4 is 5.32 Å². The number of amides is 1. The number of benzene rings is 1. The molecule has 98 valence electrons. The Morgan fingerprint density at radius 3 is 2.79 bits per heavy atom. The molecule has 19 heavy (non-hydrogen) atoms. The van der Waals surface area contributed by atoms with E-state index in [4.69, 9.17) is 11.6 Å². The van der Waals surface area contributed by atoms with Gasteiger partial charge >= 0.3 is 0 Å². The van der Waals surface area contributed by atoms with Gasteiger partial charge in [-0.25, -0.2) is 0 Å². The number of nitrogens with one attached hydrogen (secondary N) is 1. The topological polar surface area (TPSA) is 42.0 Å². The van der Waals surface area contributed by atoms with Gasteiger partial charge in [-0.2, -0.15) is 0 Å². The van der Waals surface area contributed by atoms with Crippen LogP contribution in [0, 0.1) is 0 Å². The maximum absolute atomic E-state index is 12.0. The molecule has 2 rings (SSSR count). The van der Waals surface area contributed by atoms with E-state index in [0.29, 0.717) is 10.7 Å². The van der Waals surface area contributed by atoms with Crippen LogP contribution in [0.15, 0.2) is 47.1 Å². The van der Waals surface area contributed by atoms with Crippen LogP contribution in [0.3, 0.4) is 0 Å². The first kappa shape index (κ1) is 14.0. The van der Waals surface area contributed by atoms with Gasteiger partial charge in [0.15, 0.2) is 0 Å². The largest absolute Gasteiger partial charge is 0.344 e. The van der Waals surface area contributed by atoms with Gasteiger partial charge in [0.05, 0.1) is 6.04 Å². The summed E-state index contributed by atoms with van der Waals surface area (Å²) < 4.78 is 0.960. The average molecular weight is 340 g/mol. The number of aromatic nitrogens is 1. The van der Waals surface area contributed by atoms with Gasteiger partial charge in [-0.1, -0.05) is 45.7 Å². The molecule has 0 radical (unpaired) electrons. The van der Waals surface area contributed by atoms with Crippen molar-refractivity contribution in [3.63, 3.8) is 0 Å². The first-order chi connectivity index (χ1) is 9.08. The number of rotatable bonds is 3. The highest BCUT2D eigenvalue weighted by atomic mass is 79.9. The molecule has 1 atom stereocenters. The van der Waals surface area contributed by atoms with E-state index in [1.54, 1.807) is 12.1 Å². The van der Waals surface area contributed by atoms with Gasteiger partial charge in [0.2, 0.25) is 0 Å². The number of carbonyl (C=O) groups is 1. The van der Waals surface area contributed by atoms with E-state index in [2.05, 4.69) is 26.2 Å². The van der Waals surface area contributed by atoms with E-state index >= 15 is 0 Å². The average Bonchev–Trinajstić information content (AvgIpc) is 2.39. The van der Waals surface area contributed by atoms with Crippen molar-refractivity contribution in [2.75, 3.05) is 0 Å². The van der Waals surface area contributed by atoms with Crippen LogP contribution in [-0.4, -0.2) is 10.9 Å². The molecule has 0 saturated carbocycles. The third-order valence-electron chi connectivity index (χ3n) is 2.67. The van der Waals surface area contributed by atoms with Crippen LogP contribution in [0.4, 0.5) is 0 Å². The minimum Gasteiger partial charge on any atom is -0.344 e. The fourth-order valence-electron chi connectivity index (χ4n) is 1.70. The number of hydrogen-bond acceptors (Lipinski definition) is 2. The van der Waals surface area contributed by atoms with Gasteiger partial charge in [-0.15, -0.1) is 0 Å². The van der Waals surface area contributed by atoms with Crippen LogP contribution >= 0.6 is 27.5 Å². The second kappa shape index (κ2) is 6.17. The smallest absolute Gasteiger partial charge is 0.270 e. The summed E-state index contributed by atoms with van der Waals surface area (Å²) in [6.07, 6.45) is 1.51. The maximum Gasteiger partial charge on any atom is 0.270 e. The summed E-state index contributed by atoms with van der Waals surface area (Å²) in [5, 5.41) is 3.38. The van der Waals surface area contributed by atoms with Crippen LogP contribution in [0.2, 0.25) is 5.02 Å². The van der Waals surface area contributed by atoms with Gasteiger partial charge in [0.25, 0.3) is 5.91 Å². The Kier molecular flexibility index (Phi) is 4.56. The Balaban J connectivity index is 2.13. The van der Waals surface area contributed by atoms with Crippen molar-refractivity contribution in [3.8, 4) is 0 Å². The Morgan fingerprint density at radius 2 is 2.11 bits per heavy atom. The van der Waals surface area contributed by atoms with E-state index in [1.165, 1.54) is 6.20 Å². The second-order valence-electron chi connectivity index (χ2n) is 4.08. The minimum absolute atomic E-state index is 0.121. The molecule has 0 aliphatic rings. The van der Waals surface area contributed by atoms with Gasteiger partial charge in [-0.05, 0) is 30.7 Å². The van der Waals surface area contributed by atoms with Gasteiger partial charge in [-0.3, -0.25) is 9.78 Å². The summed E-state index contributed by atoms with van der Waals surface area (Å²) >= 11 is 9.31. The Bertz CT molecular complexity index is 604. The van der Waals surface area contributed by atoms with Crippen molar-refractivity contribution in [2.45, 2.75) is 13.0 Å². The van der Waals surface area contributed by atoms with Crippen molar-refractivity contribution in [1.82, 2.24) is 10.3 Å². The first-order valence-electron chi connectivity index (χ1n) is 5.75. The molecule has 0 saturated heterocycles. The maximum atomic E-state index is 12.0. The predicted octanol–water partition coefficient (Wildman–Crippen LogP) is 3.99. The minimum atomic E-state index is -0.245. The summed E-state index contributed by atoms with van der Waals surface area (Å²) in [5.41, 5.74) is 1.32. The standard InChI is InChI=1S/C14H12BrClN2O/c1-9(11-4-2-3-5-12(11)15)18-14(19)13-8-10(16)6-7-17-13/h2-9H,1H3,(H,18,19). The zero-order chi connectivity index (χ0) is 13.8. The van der Waals surface area contributed by atoms with Crippen LogP contribution in [0.5, 0.6) is 0 Å². The van der Waals surface area contributed by atoms with Gasteiger partial charge in [0, 0.05) is 15.7 Å². The number of halogens is 2. The molecule has 1 amide bonds. The molecular formula is C14H12BrClN2O. The van der Waals surface area contributed by atoms with E-state index in [1.807, 2.05) is 31.2 Å². The highest BCUT2D eigenvalue weighted by Crippen LogP contribution is 2.23. The molecule has 1 heterocycles. The van der Waals surface area contributed by atoms with E-state index < -0.39 is 0 Å². The second-order valence-corrected chi connectivity index (χ2v) is 5.37. The molecule has 1 unspecified atom stereocenters. The van der Waals surface area contributed by atoms with E-state index in [0.717, 1.165) is 10.0 Å². The third-order valence-corrected chi connectivity index (χ3v) is 3.63. The van der Waals surface area contributed by atoms with Crippen molar-refractivity contribution in [2.24, 2.45) is 0 Å². The number of hydrogen-bond donors (Lipinski definition) is 1. The Labute approximate surface area is 125 Å². The molecule has 3 nitrogen and oxygen atoms in total. The lowest BCUT2D eigenvalue weighted by Gasteiger charge is -2.15. The SMILES string of the molecule is CC(NC(=O)c1cc(Cl)ccn1)c1ccccc1Br. The molecule has 0 aliphatic carbocycles. The van der Waals surface area contributed by atoms with Crippen molar-refractivity contribution >= 4 is 33.4 Å². The van der Waals surface area contributed by atoms with Gasteiger partial charge < -0.3 is 5.32 Å². The number of nitrogens with zero attached hydrogens (tertiary/aromatic N) is 1. The van der Waals surface area contributed by atoms with Crippen molar-refractivity contribution in [1.29, 1.82) is 0 Å². The molecule has 1 aromatic carbocycles. The fraction of sp³-hybridized carbons (Fsp3) is 0.143. The Hall–Kier alpha value is -1.39. The van der Waals surface area contributed by atoms with Crippen molar-refractivity contribution < 1.29 is 4.79 Å². The summed E-state index contributed by atoms with van der Waals surface area (Å²) in [5.74, 6) is -0.245. The highest BCUT2D eigenvalue weighted by Gasteiger charge is 2.14. The molecule has 2 aromatic rings. The number of pyridine rings is 1. The molecule has 5 heteroatoms. The molecule has 0 spiro atoms. The number of carbonyl (C=O) groups excluding carboxylic acids is 1. The molecular weight excluding hydrogens is 328 g/mol. The quantitative estimate of drug-likeness (QED) is 0.918. The lowest BCUT2D eigenvalue weighted by Crippen LogP contribution is -2.27. The normalized spacial score (nSPS) is 11.9. The van der Waals surface area contributed by atoms with Crippen molar-refractivity contribution in [3.05, 3.63) is 63.3 Å². The highest BCUT2D eigenvalue weighted by molar-refractivity contribution is 9.10. The monoisotopic (exact) mass is 338 g/mol. The van der Waals surface area contributed by atoms with E-state index in [9.17, 15) is 4.79 Å². The molecule has 0 fully saturated rings. The zero-order valence-corrected chi connectivity index (χ0v) is 12.6. The summed E-state index contributed by atoms with van der Waals surface area (Å²) in [7, 11) is 0. The summed E-state index contributed by atoms with van der Waals surface area (Å²) in [4.78, 5) is 16.0. The Morgan fingerprint density at radius 1 is 1.37 bits per heavy atom. The lowest BCUT2D eigenvalue weighted by molar-refractivity contribution is 0.0934. The van der Waals surface area contributed by atoms with Crippen LogP contribution in [-0.2, 0) is 0 Å². The molecule has 1 N–H and O–H groups in total. The zero-order valence-electron chi connectivity index (χ0n) is 10.2. The lowest BCUT2D eigenvalue weighted by atomic mass is 10.1. The summed E-state index contributed by atoms with van der Waals surface area (Å²) in [6.45, 7) is 1.92. The summed E-state index contributed by atoms with van der Waals surface area (Å²) in [6, 6.07) is 10.8.